The van der Waals surface area contributed by atoms with E-state index < -0.39 is 23.6 Å². The second kappa shape index (κ2) is 7.72. The van der Waals surface area contributed by atoms with Crippen LogP contribution >= 0.6 is 0 Å². The number of ether oxygens (including phenoxy) is 3. The first-order valence-electron chi connectivity index (χ1n) is 9.50. The summed E-state index contributed by atoms with van der Waals surface area (Å²) in [6.07, 6.45) is 1.55. The van der Waals surface area contributed by atoms with E-state index in [9.17, 15) is 9.59 Å². The van der Waals surface area contributed by atoms with Gasteiger partial charge < -0.3 is 19.2 Å². The highest BCUT2D eigenvalue weighted by atomic mass is 16.6. The molecule has 1 aliphatic rings. The van der Waals surface area contributed by atoms with Gasteiger partial charge in [-0.1, -0.05) is 32.0 Å². The molecule has 3 rings (SSSR count). The molecule has 1 N–H and O–H groups in total. The molecule has 0 saturated heterocycles. The van der Waals surface area contributed by atoms with Gasteiger partial charge >= 0.3 is 11.9 Å². The summed E-state index contributed by atoms with van der Waals surface area (Å²) in [6, 6.07) is 6.30. The molecule has 6 heteroatoms. The zero-order valence-corrected chi connectivity index (χ0v) is 16.4. The number of carbonyl (C=O) groups is 2. The molecule has 1 aromatic carbocycles. The van der Waals surface area contributed by atoms with Gasteiger partial charge in [-0.25, -0.2) is 0 Å². The van der Waals surface area contributed by atoms with Crippen LogP contribution in [-0.2, 0) is 42.2 Å². The first-order valence-corrected chi connectivity index (χ1v) is 9.50. The van der Waals surface area contributed by atoms with Gasteiger partial charge in [0.1, 0.15) is 12.2 Å². The third kappa shape index (κ3) is 3.46. The second-order valence-electron chi connectivity index (χ2n) is 6.91. The van der Waals surface area contributed by atoms with Crippen molar-refractivity contribution in [3.05, 3.63) is 35.0 Å². The van der Waals surface area contributed by atoms with Crippen molar-refractivity contribution in [1.29, 1.82) is 0 Å². The van der Waals surface area contributed by atoms with Crippen molar-refractivity contribution in [2.45, 2.75) is 58.7 Å². The zero-order chi connectivity index (χ0) is 19.6. The molecule has 27 heavy (non-hydrogen) atoms. The Hall–Kier alpha value is -2.34. The molecule has 0 spiro atoms. The molecule has 2 heterocycles. The predicted octanol–water partition coefficient (Wildman–Crippen LogP) is 3.40. The van der Waals surface area contributed by atoms with E-state index in [4.69, 9.17) is 14.2 Å². The standard InChI is InChI=1S/C21H27NO5/c1-5-15-8-7-9-16-17-10-11-26-21(6-2,20(17)22-19(15)16)18(27-14(4)24)12-25-13(3)23/h7-9,18,22H,5-6,10-12H2,1-4H3/t18-,21-/m1/s1. The summed E-state index contributed by atoms with van der Waals surface area (Å²) >= 11 is 0. The molecule has 6 nitrogen and oxygen atoms in total. The Bertz CT molecular complexity index is 856. The van der Waals surface area contributed by atoms with Crippen molar-refractivity contribution in [2.75, 3.05) is 13.2 Å². The summed E-state index contributed by atoms with van der Waals surface area (Å²) in [4.78, 5) is 26.7. The van der Waals surface area contributed by atoms with Gasteiger partial charge in [-0.3, -0.25) is 9.59 Å². The van der Waals surface area contributed by atoms with Crippen LogP contribution in [-0.4, -0.2) is 36.2 Å². The van der Waals surface area contributed by atoms with Crippen LogP contribution < -0.4 is 0 Å². The molecule has 1 aromatic heterocycles. The highest BCUT2D eigenvalue weighted by Crippen LogP contribution is 2.43. The summed E-state index contributed by atoms with van der Waals surface area (Å²) in [7, 11) is 0. The smallest absolute Gasteiger partial charge is 0.303 e. The number of aryl methyl sites for hydroxylation is 1. The van der Waals surface area contributed by atoms with E-state index in [1.165, 1.54) is 30.4 Å². The summed E-state index contributed by atoms with van der Waals surface area (Å²) in [5.41, 5.74) is 3.57. The number of carbonyl (C=O) groups excluding carboxylic acids is 2. The van der Waals surface area contributed by atoms with Gasteiger partial charge in [0, 0.05) is 24.8 Å². The zero-order valence-electron chi connectivity index (χ0n) is 16.4. The summed E-state index contributed by atoms with van der Waals surface area (Å²) in [5.74, 6) is -0.847. The Kier molecular flexibility index (Phi) is 5.56. The van der Waals surface area contributed by atoms with E-state index >= 15 is 0 Å². The van der Waals surface area contributed by atoms with Gasteiger partial charge in [-0.05, 0) is 30.4 Å². The minimum absolute atomic E-state index is 0.0435. The van der Waals surface area contributed by atoms with Crippen LogP contribution in [0.3, 0.4) is 0 Å². The fourth-order valence-corrected chi connectivity index (χ4v) is 4.07. The lowest BCUT2D eigenvalue weighted by atomic mass is 9.84. The molecule has 0 aliphatic carbocycles. The molecule has 146 valence electrons. The maximum Gasteiger partial charge on any atom is 0.303 e. The minimum Gasteiger partial charge on any atom is -0.462 e. The Morgan fingerprint density at radius 2 is 2.04 bits per heavy atom. The molecule has 0 amide bonds. The third-order valence-corrected chi connectivity index (χ3v) is 5.33. The van der Waals surface area contributed by atoms with Crippen molar-refractivity contribution >= 4 is 22.8 Å². The molecule has 2 atom stereocenters. The largest absolute Gasteiger partial charge is 0.462 e. The second-order valence-corrected chi connectivity index (χ2v) is 6.91. The van der Waals surface area contributed by atoms with E-state index in [1.807, 2.05) is 6.92 Å². The quantitative estimate of drug-likeness (QED) is 0.785. The van der Waals surface area contributed by atoms with E-state index in [0.717, 1.165) is 24.1 Å². The number of hydrogen-bond donors (Lipinski definition) is 1. The van der Waals surface area contributed by atoms with Crippen molar-refractivity contribution in [2.24, 2.45) is 0 Å². The average molecular weight is 373 g/mol. The highest BCUT2D eigenvalue weighted by molar-refractivity contribution is 5.88. The number of esters is 2. The molecule has 0 saturated carbocycles. The Labute approximate surface area is 159 Å². The Morgan fingerprint density at radius 1 is 1.26 bits per heavy atom. The molecule has 0 fully saturated rings. The van der Waals surface area contributed by atoms with Gasteiger partial charge in [-0.2, -0.15) is 0 Å². The maximum atomic E-state index is 11.8. The first-order chi connectivity index (χ1) is 12.9. The van der Waals surface area contributed by atoms with Crippen LogP contribution in [0.25, 0.3) is 10.9 Å². The number of aromatic amines is 1. The molecular weight excluding hydrogens is 346 g/mol. The van der Waals surface area contributed by atoms with Crippen molar-refractivity contribution in [3.8, 4) is 0 Å². The number of benzene rings is 1. The topological polar surface area (TPSA) is 77.6 Å². The lowest BCUT2D eigenvalue weighted by Gasteiger charge is -2.41. The fourth-order valence-electron chi connectivity index (χ4n) is 4.07. The number of nitrogens with one attached hydrogen (secondary N) is 1. The van der Waals surface area contributed by atoms with Crippen LogP contribution in [0.4, 0.5) is 0 Å². The lowest BCUT2D eigenvalue weighted by molar-refractivity contribution is -0.193. The number of hydrogen-bond acceptors (Lipinski definition) is 5. The number of rotatable bonds is 6. The monoisotopic (exact) mass is 373 g/mol. The Morgan fingerprint density at radius 3 is 2.67 bits per heavy atom. The Balaban J connectivity index is 2.15. The van der Waals surface area contributed by atoms with E-state index in [0.29, 0.717) is 13.0 Å². The van der Waals surface area contributed by atoms with Crippen molar-refractivity contribution < 1.29 is 23.8 Å². The van der Waals surface area contributed by atoms with Crippen molar-refractivity contribution in [1.82, 2.24) is 4.98 Å². The van der Waals surface area contributed by atoms with Crippen LogP contribution in [0.15, 0.2) is 18.2 Å². The van der Waals surface area contributed by atoms with Crippen LogP contribution in [0.1, 0.15) is 50.9 Å². The minimum atomic E-state index is -0.876. The average Bonchev–Trinajstić information content (AvgIpc) is 3.04. The van der Waals surface area contributed by atoms with Gasteiger partial charge in [0.15, 0.2) is 6.10 Å². The molecule has 0 unspecified atom stereocenters. The summed E-state index contributed by atoms with van der Waals surface area (Å²) in [6.45, 7) is 7.29. The number of fused-ring (bicyclic) bond motifs is 3. The van der Waals surface area contributed by atoms with Crippen LogP contribution in [0.5, 0.6) is 0 Å². The molecule has 0 bridgehead atoms. The number of H-pyrrole nitrogens is 1. The van der Waals surface area contributed by atoms with Crippen molar-refractivity contribution in [3.63, 3.8) is 0 Å². The van der Waals surface area contributed by atoms with Gasteiger partial charge in [0.05, 0.1) is 12.3 Å². The molecular formula is C21H27NO5. The SMILES string of the molecule is CCc1cccc2c3c([nH]c12)[C@@](CC)([C@@H](COC(C)=O)OC(C)=O)OCC3. The normalized spacial score (nSPS) is 20.1. The van der Waals surface area contributed by atoms with Crippen LogP contribution in [0.2, 0.25) is 0 Å². The predicted molar refractivity (Wildman–Crippen MR) is 101 cm³/mol. The summed E-state index contributed by atoms with van der Waals surface area (Å²) in [5, 5.41) is 1.18. The third-order valence-electron chi connectivity index (χ3n) is 5.33. The maximum absolute atomic E-state index is 11.8. The molecule has 2 aromatic rings. The number of para-hydroxylation sites is 1. The van der Waals surface area contributed by atoms with Gasteiger partial charge in [0.25, 0.3) is 0 Å². The first kappa shape index (κ1) is 19.4. The van der Waals surface area contributed by atoms with E-state index in [-0.39, 0.29) is 6.61 Å². The molecule has 0 radical (unpaired) electrons. The van der Waals surface area contributed by atoms with E-state index in [2.05, 4.69) is 30.1 Å². The van der Waals surface area contributed by atoms with Crippen LogP contribution in [0, 0.1) is 0 Å². The van der Waals surface area contributed by atoms with Gasteiger partial charge in [-0.15, -0.1) is 0 Å². The lowest BCUT2D eigenvalue weighted by Crippen LogP contribution is -2.50. The highest BCUT2D eigenvalue weighted by Gasteiger charge is 2.48. The number of aromatic nitrogens is 1. The molecule has 1 aliphatic heterocycles. The van der Waals surface area contributed by atoms with E-state index in [1.54, 1.807) is 0 Å². The van der Waals surface area contributed by atoms with Gasteiger partial charge in [0.2, 0.25) is 0 Å². The summed E-state index contributed by atoms with van der Waals surface area (Å²) < 4.78 is 17.0. The fraction of sp³-hybridized carbons (Fsp3) is 0.524.